The highest BCUT2D eigenvalue weighted by molar-refractivity contribution is 9.10. The Kier molecular flexibility index (Phi) is 3.62. The van der Waals surface area contributed by atoms with E-state index in [2.05, 4.69) is 21.2 Å². The fraction of sp³-hybridized carbons (Fsp3) is 0.462. The Bertz CT molecular complexity index is 516. The largest absolute Gasteiger partial charge is 0.504 e. The zero-order valence-electron chi connectivity index (χ0n) is 11.0. The van der Waals surface area contributed by atoms with Gasteiger partial charge in [-0.2, -0.15) is 0 Å². The lowest BCUT2D eigenvalue weighted by molar-refractivity contribution is 0.0380. The van der Waals surface area contributed by atoms with Crippen molar-refractivity contribution in [3.05, 3.63) is 22.2 Å². The third kappa shape index (κ3) is 2.63. The van der Waals surface area contributed by atoms with Crippen LogP contribution in [0.25, 0.3) is 0 Å². The maximum absolute atomic E-state index is 11.4. The Morgan fingerprint density at radius 1 is 1.53 bits per heavy atom. The summed E-state index contributed by atoms with van der Waals surface area (Å²) in [5, 5.41) is 13.0. The van der Waals surface area contributed by atoms with E-state index in [4.69, 9.17) is 9.47 Å². The number of phenols is 1. The number of halogens is 1. The van der Waals surface area contributed by atoms with Crippen molar-refractivity contribution in [3.63, 3.8) is 0 Å². The highest BCUT2D eigenvalue weighted by Gasteiger charge is 2.39. The number of ether oxygens (including phenoxy) is 2. The molecular formula is C13H16BrNO4. The molecule has 0 spiro atoms. The average Bonchev–Trinajstić information content (AvgIpc) is 2.35. The van der Waals surface area contributed by atoms with Crippen molar-refractivity contribution >= 4 is 22.0 Å². The lowest BCUT2D eigenvalue weighted by atomic mass is 9.80. The van der Waals surface area contributed by atoms with Crippen LogP contribution in [-0.2, 0) is 4.74 Å². The molecule has 2 rings (SSSR count). The molecule has 1 aliphatic heterocycles. The second-order valence-electron chi connectivity index (χ2n) is 5.19. The Balaban J connectivity index is 2.50. The third-order valence-electron chi connectivity index (χ3n) is 3.22. The molecule has 0 aromatic heterocycles. The second-order valence-corrected chi connectivity index (χ2v) is 6.10. The van der Waals surface area contributed by atoms with Crippen molar-refractivity contribution < 1.29 is 19.4 Å². The summed E-state index contributed by atoms with van der Waals surface area (Å²) in [6, 6.07) is 3.10. The van der Waals surface area contributed by atoms with Crippen molar-refractivity contribution in [1.29, 1.82) is 0 Å². The number of carbonyl (C=O) groups is 1. The number of cyclic esters (lactones) is 1. The fourth-order valence-corrected chi connectivity index (χ4v) is 2.61. The lowest BCUT2D eigenvalue weighted by Gasteiger charge is -2.38. The molecule has 1 aromatic rings. The molecule has 1 heterocycles. The van der Waals surface area contributed by atoms with Gasteiger partial charge in [0.05, 0.1) is 13.2 Å². The van der Waals surface area contributed by atoms with E-state index >= 15 is 0 Å². The predicted molar refractivity (Wildman–Crippen MR) is 73.4 cm³/mol. The predicted octanol–water partition coefficient (Wildman–Crippen LogP) is 2.97. The fourth-order valence-electron chi connectivity index (χ4n) is 2.16. The van der Waals surface area contributed by atoms with Gasteiger partial charge in [-0.05, 0) is 12.1 Å². The van der Waals surface area contributed by atoms with Crippen LogP contribution in [-0.4, -0.2) is 24.9 Å². The summed E-state index contributed by atoms with van der Waals surface area (Å²) < 4.78 is 10.9. The minimum Gasteiger partial charge on any atom is -0.504 e. The zero-order valence-corrected chi connectivity index (χ0v) is 12.6. The Morgan fingerprint density at radius 3 is 2.84 bits per heavy atom. The van der Waals surface area contributed by atoms with Gasteiger partial charge in [0.2, 0.25) is 0 Å². The van der Waals surface area contributed by atoms with E-state index in [9.17, 15) is 9.90 Å². The molecule has 0 aliphatic carbocycles. The van der Waals surface area contributed by atoms with Crippen molar-refractivity contribution in [2.24, 2.45) is 5.41 Å². The molecule has 0 radical (unpaired) electrons. The molecule has 1 amide bonds. The first kappa shape index (κ1) is 14.0. The van der Waals surface area contributed by atoms with Crippen LogP contribution in [0.15, 0.2) is 16.6 Å². The number of benzene rings is 1. The SMILES string of the molecule is COc1cc(Br)cc([C@@H]2NC(=O)OCC2(C)C)c1O. The van der Waals surface area contributed by atoms with Crippen molar-refractivity contribution in [2.45, 2.75) is 19.9 Å². The Morgan fingerprint density at radius 2 is 2.21 bits per heavy atom. The molecule has 0 saturated carbocycles. The maximum atomic E-state index is 11.4. The summed E-state index contributed by atoms with van der Waals surface area (Å²) in [5.41, 5.74) is 0.268. The first-order valence-corrected chi connectivity index (χ1v) is 6.64. The number of methoxy groups -OCH3 is 1. The van der Waals surface area contributed by atoms with Gasteiger partial charge in [-0.3, -0.25) is 0 Å². The van der Waals surface area contributed by atoms with E-state index in [1.807, 2.05) is 13.8 Å². The van der Waals surface area contributed by atoms with Crippen LogP contribution in [0.1, 0.15) is 25.5 Å². The van der Waals surface area contributed by atoms with Gasteiger partial charge in [-0.25, -0.2) is 4.79 Å². The van der Waals surface area contributed by atoms with Crippen LogP contribution in [0.4, 0.5) is 4.79 Å². The molecule has 5 nitrogen and oxygen atoms in total. The van der Waals surface area contributed by atoms with Crippen molar-refractivity contribution in [1.82, 2.24) is 5.32 Å². The van der Waals surface area contributed by atoms with Crippen LogP contribution >= 0.6 is 15.9 Å². The third-order valence-corrected chi connectivity index (χ3v) is 3.68. The van der Waals surface area contributed by atoms with Gasteiger partial charge >= 0.3 is 6.09 Å². The summed E-state index contributed by atoms with van der Waals surface area (Å²) in [6.45, 7) is 4.21. The smallest absolute Gasteiger partial charge is 0.407 e. The number of carbonyl (C=O) groups excluding carboxylic acids is 1. The molecule has 1 saturated heterocycles. The number of phenolic OH excluding ortho intramolecular Hbond substituents is 1. The molecule has 1 aliphatic rings. The summed E-state index contributed by atoms with van der Waals surface area (Å²) >= 11 is 3.37. The van der Waals surface area contributed by atoms with E-state index < -0.39 is 6.09 Å². The van der Waals surface area contributed by atoms with Gasteiger partial charge in [0.15, 0.2) is 11.5 Å². The number of aromatic hydroxyl groups is 1. The molecule has 1 fully saturated rings. The van der Waals surface area contributed by atoms with Crippen LogP contribution in [0, 0.1) is 5.41 Å². The quantitative estimate of drug-likeness (QED) is 0.875. The summed E-state index contributed by atoms with van der Waals surface area (Å²) in [7, 11) is 1.49. The monoisotopic (exact) mass is 329 g/mol. The van der Waals surface area contributed by atoms with Gasteiger partial charge in [0.25, 0.3) is 0 Å². The van der Waals surface area contributed by atoms with Crippen LogP contribution < -0.4 is 10.1 Å². The topological polar surface area (TPSA) is 67.8 Å². The van der Waals surface area contributed by atoms with Gasteiger partial charge in [-0.1, -0.05) is 29.8 Å². The van der Waals surface area contributed by atoms with E-state index in [-0.39, 0.29) is 23.8 Å². The van der Waals surface area contributed by atoms with Crippen LogP contribution in [0.3, 0.4) is 0 Å². The number of rotatable bonds is 2. The van der Waals surface area contributed by atoms with Gasteiger partial charge in [0.1, 0.15) is 6.61 Å². The number of alkyl carbamates (subject to hydrolysis) is 1. The normalized spacial score (nSPS) is 21.5. The summed E-state index contributed by atoms with van der Waals surface area (Å²) in [5.74, 6) is 0.395. The number of hydrogen-bond donors (Lipinski definition) is 2. The highest BCUT2D eigenvalue weighted by atomic mass is 79.9. The van der Waals surface area contributed by atoms with Gasteiger partial charge in [0, 0.05) is 15.5 Å². The number of nitrogens with one attached hydrogen (secondary N) is 1. The number of amides is 1. The van der Waals surface area contributed by atoms with E-state index in [0.29, 0.717) is 11.3 Å². The molecule has 0 unspecified atom stereocenters. The Hall–Kier alpha value is -1.43. The highest BCUT2D eigenvalue weighted by Crippen LogP contribution is 2.44. The zero-order chi connectivity index (χ0) is 14.2. The molecule has 2 N–H and O–H groups in total. The Labute approximate surface area is 120 Å². The van der Waals surface area contributed by atoms with Gasteiger partial charge in [-0.15, -0.1) is 0 Å². The van der Waals surface area contributed by atoms with Crippen molar-refractivity contribution in [2.75, 3.05) is 13.7 Å². The summed E-state index contributed by atoms with van der Waals surface area (Å²) in [6.07, 6.45) is -0.484. The standard InChI is InChI=1S/C13H16BrNO4/c1-13(2)6-19-12(17)15-11(13)8-4-7(14)5-9(18-3)10(8)16/h4-5,11,16H,6H2,1-3H3,(H,15,17)/t11-/m0/s1. The van der Waals surface area contributed by atoms with Gasteiger partial charge < -0.3 is 19.9 Å². The van der Waals surface area contributed by atoms with Crippen LogP contribution in [0.5, 0.6) is 11.5 Å². The van der Waals surface area contributed by atoms with E-state index in [1.165, 1.54) is 7.11 Å². The molecule has 0 bridgehead atoms. The van der Waals surface area contributed by atoms with Crippen LogP contribution in [0.2, 0.25) is 0 Å². The molecular weight excluding hydrogens is 314 g/mol. The molecule has 19 heavy (non-hydrogen) atoms. The molecule has 1 atom stereocenters. The maximum Gasteiger partial charge on any atom is 0.407 e. The van der Waals surface area contributed by atoms with E-state index in [0.717, 1.165) is 4.47 Å². The van der Waals surface area contributed by atoms with Crippen molar-refractivity contribution in [3.8, 4) is 11.5 Å². The first-order chi connectivity index (χ1) is 8.85. The first-order valence-electron chi connectivity index (χ1n) is 5.85. The minimum atomic E-state index is -0.484. The average molecular weight is 330 g/mol. The minimum absolute atomic E-state index is 0.0333. The van der Waals surface area contributed by atoms with E-state index in [1.54, 1.807) is 12.1 Å². The second kappa shape index (κ2) is 4.92. The number of hydrogen-bond acceptors (Lipinski definition) is 4. The molecule has 1 aromatic carbocycles. The molecule has 104 valence electrons. The lowest BCUT2D eigenvalue weighted by Crippen LogP contribution is -2.46. The molecule has 6 heteroatoms. The summed E-state index contributed by atoms with van der Waals surface area (Å²) in [4.78, 5) is 11.4.